The molecule has 0 atom stereocenters. The molecule has 7 aromatic carbocycles. The van der Waals surface area contributed by atoms with E-state index in [0.29, 0.717) is 0 Å². The van der Waals surface area contributed by atoms with E-state index in [2.05, 4.69) is 162 Å². The molecule has 0 unspecified atom stereocenters. The summed E-state index contributed by atoms with van der Waals surface area (Å²) in [6, 6.07) is 44.3. The monoisotopic (exact) mass is 570 g/mol. The Hall–Kier alpha value is -4.94. The van der Waals surface area contributed by atoms with Crippen molar-refractivity contribution in [3.05, 3.63) is 146 Å². The molecule has 0 heterocycles. The van der Waals surface area contributed by atoms with Crippen molar-refractivity contribution in [1.29, 1.82) is 0 Å². The molecule has 0 saturated carbocycles. The third-order valence-electron chi connectivity index (χ3n) is 7.78. The second-order valence-corrected chi connectivity index (χ2v) is 11.3. The van der Waals surface area contributed by atoms with Gasteiger partial charge in [-0.2, -0.15) is 0 Å². The van der Waals surface area contributed by atoms with E-state index < -0.39 is 0 Å². The molecule has 0 fully saturated rings. The zero-order valence-electron chi connectivity index (χ0n) is 26.5. The minimum Gasteiger partial charge on any atom is -0.0984 e. The number of hydrogen-bond acceptors (Lipinski definition) is 0. The van der Waals surface area contributed by atoms with Crippen molar-refractivity contribution >= 4 is 55.2 Å². The third kappa shape index (κ3) is 5.94. The number of benzene rings is 7. The molecule has 0 N–H and O–H groups in total. The average Bonchev–Trinajstić information content (AvgIpc) is 3.07. The minimum atomic E-state index is 1.10. The molecule has 0 saturated heterocycles. The van der Waals surface area contributed by atoms with Crippen LogP contribution in [0, 0.1) is 0 Å². The first-order valence-electron chi connectivity index (χ1n) is 15.8. The second-order valence-electron chi connectivity index (χ2n) is 11.3. The average molecular weight is 571 g/mol. The fourth-order valence-corrected chi connectivity index (χ4v) is 5.91. The first-order chi connectivity index (χ1) is 21.6. The quantitative estimate of drug-likeness (QED) is 0.185. The summed E-state index contributed by atoms with van der Waals surface area (Å²) in [5, 5.41) is 10.2. The Morgan fingerprint density at radius 1 is 0.409 bits per heavy atom. The molecular formula is C44H42. The van der Waals surface area contributed by atoms with Crippen LogP contribution in [0.15, 0.2) is 134 Å². The van der Waals surface area contributed by atoms with Gasteiger partial charge in [-0.25, -0.2) is 0 Å². The van der Waals surface area contributed by atoms with Gasteiger partial charge in [-0.3, -0.25) is 0 Å². The molecule has 7 rings (SSSR count). The minimum absolute atomic E-state index is 1.10. The number of fused-ring (bicyclic) bond motifs is 6. The molecule has 0 radical (unpaired) electrons. The normalized spacial score (nSPS) is 10.6. The van der Waals surface area contributed by atoms with Crippen molar-refractivity contribution in [2.24, 2.45) is 0 Å². The standard InChI is InChI=1S/C38H26.2C3H8/c1-3-25-17-18-27(21-26(25)4-2)28-19-20-32-30(22-28)24-38(36-16-10-8-14-34(32)36)37-23-29-11-5-6-12-31(29)33-13-7-9-15-35(33)37;2*1-3-2/h3-24H,1-2H2;2*3H2,1-2H3. The van der Waals surface area contributed by atoms with Gasteiger partial charge in [-0.1, -0.05) is 163 Å². The van der Waals surface area contributed by atoms with Crippen molar-refractivity contribution in [1.82, 2.24) is 0 Å². The lowest BCUT2D eigenvalue weighted by Crippen LogP contribution is -1.89. The first kappa shape index (κ1) is 30.5. The topological polar surface area (TPSA) is 0 Å². The maximum Gasteiger partial charge on any atom is -0.00926 e. The van der Waals surface area contributed by atoms with Crippen LogP contribution in [-0.2, 0) is 0 Å². The molecule has 0 bridgehead atoms. The summed E-state index contributed by atoms with van der Waals surface area (Å²) in [7, 11) is 0. The fourth-order valence-electron chi connectivity index (χ4n) is 5.91. The number of rotatable bonds is 4. The molecule has 0 aliphatic carbocycles. The van der Waals surface area contributed by atoms with E-state index in [4.69, 9.17) is 0 Å². The summed E-state index contributed by atoms with van der Waals surface area (Å²) in [6.45, 7) is 16.4. The van der Waals surface area contributed by atoms with Gasteiger partial charge < -0.3 is 0 Å². The highest BCUT2D eigenvalue weighted by atomic mass is 14.2. The third-order valence-corrected chi connectivity index (χ3v) is 7.78. The van der Waals surface area contributed by atoms with Gasteiger partial charge in [0.1, 0.15) is 0 Å². The fraction of sp³-hybridized carbons (Fsp3) is 0.136. The summed E-state index contributed by atoms with van der Waals surface area (Å²) >= 11 is 0. The SMILES string of the molecule is C=Cc1ccc(-c2ccc3c(c2)cc(-c2cc4ccccc4c4ccccc24)c2ccccc23)cc1C=C.CCC.CCC. The highest BCUT2D eigenvalue weighted by Gasteiger charge is 2.14. The lowest BCUT2D eigenvalue weighted by Gasteiger charge is -2.16. The first-order valence-corrected chi connectivity index (χ1v) is 15.8. The van der Waals surface area contributed by atoms with Gasteiger partial charge >= 0.3 is 0 Å². The maximum atomic E-state index is 4.00. The molecule has 7 aromatic rings. The van der Waals surface area contributed by atoms with Crippen LogP contribution in [0.5, 0.6) is 0 Å². The van der Waals surface area contributed by atoms with Crippen LogP contribution >= 0.6 is 0 Å². The Labute approximate surface area is 263 Å². The van der Waals surface area contributed by atoms with Crippen LogP contribution in [0.3, 0.4) is 0 Å². The molecule has 0 amide bonds. The Kier molecular flexibility index (Phi) is 9.72. The highest BCUT2D eigenvalue weighted by molar-refractivity contribution is 6.20. The summed E-state index contributed by atoms with van der Waals surface area (Å²) in [6.07, 6.45) is 6.28. The van der Waals surface area contributed by atoms with Crippen LogP contribution in [-0.4, -0.2) is 0 Å². The van der Waals surface area contributed by atoms with Crippen molar-refractivity contribution in [3.63, 3.8) is 0 Å². The van der Waals surface area contributed by atoms with Gasteiger partial charge in [-0.15, -0.1) is 0 Å². The van der Waals surface area contributed by atoms with Crippen molar-refractivity contribution in [2.75, 3.05) is 0 Å². The summed E-state index contributed by atoms with van der Waals surface area (Å²) in [5.41, 5.74) is 7.10. The smallest absolute Gasteiger partial charge is 0.00926 e. The second kappa shape index (κ2) is 14.0. The van der Waals surface area contributed by atoms with Crippen LogP contribution < -0.4 is 0 Å². The molecule has 44 heavy (non-hydrogen) atoms. The molecule has 218 valence electrons. The number of hydrogen-bond donors (Lipinski definition) is 0. The molecule has 0 aliphatic rings. The molecule has 0 aromatic heterocycles. The maximum absolute atomic E-state index is 4.00. The predicted octanol–water partition coefficient (Wildman–Crippen LogP) is 13.8. The Morgan fingerprint density at radius 3 is 1.41 bits per heavy atom. The van der Waals surface area contributed by atoms with Crippen molar-refractivity contribution in [3.8, 4) is 22.3 Å². The van der Waals surface area contributed by atoms with E-state index >= 15 is 0 Å². The lowest BCUT2D eigenvalue weighted by molar-refractivity contribution is 1.09. The zero-order valence-corrected chi connectivity index (χ0v) is 26.5. The van der Waals surface area contributed by atoms with Gasteiger partial charge in [0.2, 0.25) is 0 Å². The Balaban J connectivity index is 0.000000594. The molecular weight excluding hydrogens is 528 g/mol. The summed E-state index contributed by atoms with van der Waals surface area (Å²) in [5.74, 6) is 0. The molecule has 0 spiro atoms. The largest absolute Gasteiger partial charge is 0.0984 e. The van der Waals surface area contributed by atoms with E-state index in [1.54, 1.807) is 0 Å². The Morgan fingerprint density at radius 2 is 0.841 bits per heavy atom. The van der Waals surface area contributed by atoms with E-state index in [0.717, 1.165) is 11.1 Å². The van der Waals surface area contributed by atoms with E-state index in [-0.39, 0.29) is 0 Å². The molecule has 0 nitrogen and oxygen atoms in total. The van der Waals surface area contributed by atoms with Gasteiger partial charge in [0.05, 0.1) is 0 Å². The van der Waals surface area contributed by atoms with E-state index in [1.165, 1.54) is 78.2 Å². The van der Waals surface area contributed by atoms with Crippen molar-refractivity contribution < 1.29 is 0 Å². The van der Waals surface area contributed by atoms with Crippen LogP contribution in [0.1, 0.15) is 51.7 Å². The summed E-state index contributed by atoms with van der Waals surface area (Å²) < 4.78 is 0. The van der Waals surface area contributed by atoms with E-state index in [1.807, 2.05) is 12.2 Å². The molecule has 0 aliphatic heterocycles. The zero-order chi connectivity index (χ0) is 31.1. The van der Waals surface area contributed by atoms with Crippen LogP contribution in [0.25, 0.3) is 77.5 Å². The Bertz CT molecular complexity index is 2090. The lowest BCUT2D eigenvalue weighted by atomic mass is 9.88. The van der Waals surface area contributed by atoms with Gasteiger partial charge in [-0.05, 0) is 101 Å². The highest BCUT2D eigenvalue weighted by Crippen LogP contribution is 2.41. The van der Waals surface area contributed by atoms with Gasteiger partial charge in [0, 0.05) is 0 Å². The van der Waals surface area contributed by atoms with Crippen LogP contribution in [0.2, 0.25) is 0 Å². The van der Waals surface area contributed by atoms with Crippen molar-refractivity contribution in [2.45, 2.75) is 40.5 Å². The van der Waals surface area contributed by atoms with Gasteiger partial charge in [0.15, 0.2) is 0 Å². The van der Waals surface area contributed by atoms with Gasteiger partial charge in [0.25, 0.3) is 0 Å². The molecule has 0 heteroatoms. The summed E-state index contributed by atoms with van der Waals surface area (Å²) in [4.78, 5) is 0. The predicted molar refractivity (Wildman–Crippen MR) is 199 cm³/mol. The van der Waals surface area contributed by atoms with Crippen LogP contribution in [0.4, 0.5) is 0 Å². The van der Waals surface area contributed by atoms with E-state index in [9.17, 15) is 0 Å².